The second-order valence-electron chi connectivity index (χ2n) is 7.31. The first-order chi connectivity index (χ1) is 13.9. The van der Waals surface area contributed by atoms with Crippen molar-refractivity contribution in [1.29, 1.82) is 0 Å². The summed E-state index contributed by atoms with van der Waals surface area (Å²) in [6.07, 6.45) is 3.49. The van der Waals surface area contributed by atoms with Crippen molar-refractivity contribution < 1.29 is 18.3 Å². The normalized spacial score (nSPS) is 21.4. The van der Waals surface area contributed by atoms with Gasteiger partial charge in [0.05, 0.1) is 19.8 Å². The van der Waals surface area contributed by atoms with Crippen molar-refractivity contribution >= 4 is 15.9 Å². The Morgan fingerprint density at radius 3 is 2.86 bits per heavy atom. The monoisotopic (exact) mass is 463 g/mol. The maximum atomic E-state index is 14.6. The lowest BCUT2D eigenvalue weighted by molar-refractivity contribution is -0.0206. The van der Waals surface area contributed by atoms with Crippen LogP contribution < -0.4 is 4.74 Å². The van der Waals surface area contributed by atoms with Crippen molar-refractivity contribution in [3.8, 4) is 5.75 Å². The van der Waals surface area contributed by atoms with E-state index in [9.17, 15) is 8.78 Å². The summed E-state index contributed by atoms with van der Waals surface area (Å²) < 4.78 is 42.8. The fraction of sp³-hybridized carbons (Fsp3) is 0.333. The molecule has 0 bridgehead atoms. The van der Waals surface area contributed by atoms with E-state index < -0.39 is 17.2 Å². The first-order valence-corrected chi connectivity index (χ1v) is 10.1. The van der Waals surface area contributed by atoms with E-state index >= 15 is 0 Å². The van der Waals surface area contributed by atoms with Gasteiger partial charge in [-0.25, -0.2) is 18.4 Å². The van der Waals surface area contributed by atoms with E-state index in [1.54, 1.807) is 11.0 Å². The van der Waals surface area contributed by atoms with Crippen molar-refractivity contribution in [3.05, 3.63) is 76.3 Å². The second-order valence-corrected chi connectivity index (χ2v) is 8.23. The highest BCUT2D eigenvalue weighted by Gasteiger charge is 2.44. The Kier molecular flexibility index (Phi) is 5.65. The van der Waals surface area contributed by atoms with Crippen LogP contribution in [-0.2, 0) is 16.9 Å². The van der Waals surface area contributed by atoms with Crippen molar-refractivity contribution in [2.45, 2.75) is 25.5 Å². The van der Waals surface area contributed by atoms with Gasteiger partial charge in [-0.1, -0.05) is 22.0 Å². The Labute approximate surface area is 175 Å². The molecular weight excluding hydrogens is 444 g/mol. The van der Waals surface area contributed by atoms with Crippen LogP contribution in [0.5, 0.6) is 5.75 Å². The standard InChI is InChI=1S/C21H20BrF2N3O2/c1-14-6-16(22)2-5-20(14)28-9-15-8-21(29-10-15,11-27-13-25-12-26-27)18-4-3-17(23)7-19(18)24/h2-7,12-13,15H,8-11H2,1H3/t15?,21-/m0/s1. The Morgan fingerprint density at radius 1 is 1.28 bits per heavy atom. The van der Waals surface area contributed by atoms with Gasteiger partial charge in [-0.15, -0.1) is 0 Å². The first kappa shape index (κ1) is 20.0. The van der Waals surface area contributed by atoms with Gasteiger partial charge in [-0.2, -0.15) is 5.10 Å². The third-order valence-electron chi connectivity index (χ3n) is 5.13. The van der Waals surface area contributed by atoms with Gasteiger partial charge in [-0.05, 0) is 43.2 Å². The lowest BCUT2D eigenvalue weighted by Crippen LogP contribution is -2.32. The van der Waals surface area contributed by atoms with Gasteiger partial charge in [0.1, 0.15) is 35.6 Å². The summed E-state index contributed by atoms with van der Waals surface area (Å²) in [4.78, 5) is 3.95. The fourth-order valence-electron chi connectivity index (χ4n) is 3.77. The molecule has 1 aliphatic heterocycles. The predicted molar refractivity (Wildman–Crippen MR) is 106 cm³/mol. The van der Waals surface area contributed by atoms with E-state index in [1.165, 1.54) is 18.5 Å². The van der Waals surface area contributed by atoms with Gasteiger partial charge in [0.2, 0.25) is 0 Å². The lowest BCUT2D eigenvalue weighted by atomic mass is 9.87. The molecule has 0 spiro atoms. The zero-order chi connectivity index (χ0) is 20.4. The summed E-state index contributed by atoms with van der Waals surface area (Å²) in [5.41, 5.74) is 0.377. The molecule has 4 rings (SSSR count). The van der Waals surface area contributed by atoms with E-state index in [1.807, 2.05) is 25.1 Å². The maximum Gasteiger partial charge on any atom is 0.137 e. The van der Waals surface area contributed by atoms with Gasteiger partial charge in [-0.3, -0.25) is 0 Å². The minimum absolute atomic E-state index is 0.0472. The highest BCUT2D eigenvalue weighted by Crippen LogP contribution is 2.42. The Balaban J connectivity index is 1.55. The van der Waals surface area contributed by atoms with Gasteiger partial charge in [0.15, 0.2) is 0 Å². The maximum absolute atomic E-state index is 14.6. The zero-order valence-corrected chi connectivity index (χ0v) is 17.4. The molecule has 0 aliphatic carbocycles. The minimum Gasteiger partial charge on any atom is -0.493 e. The average molecular weight is 464 g/mol. The summed E-state index contributed by atoms with van der Waals surface area (Å²) in [6.45, 7) is 3.10. The van der Waals surface area contributed by atoms with Crippen LogP contribution in [0.3, 0.4) is 0 Å². The number of nitrogens with zero attached hydrogens (tertiary/aromatic N) is 3. The van der Waals surface area contributed by atoms with Crippen LogP contribution >= 0.6 is 15.9 Å². The molecule has 2 atom stereocenters. The molecule has 152 valence electrons. The molecule has 1 saturated heterocycles. The van der Waals surface area contributed by atoms with Crippen LogP contribution in [0.1, 0.15) is 17.5 Å². The van der Waals surface area contributed by atoms with E-state index in [0.29, 0.717) is 25.2 Å². The van der Waals surface area contributed by atoms with Crippen molar-refractivity contribution in [2.75, 3.05) is 13.2 Å². The smallest absolute Gasteiger partial charge is 0.137 e. The predicted octanol–water partition coefficient (Wildman–Crippen LogP) is 4.64. The van der Waals surface area contributed by atoms with Crippen LogP contribution in [0.2, 0.25) is 0 Å². The topological polar surface area (TPSA) is 49.2 Å². The molecule has 29 heavy (non-hydrogen) atoms. The summed E-state index contributed by atoms with van der Waals surface area (Å²) in [5, 5.41) is 4.13. The third kappa shape index (κ3) is 4.33. The lowest BCUT2D eigenvalue weighted by Gasteiger charge is -2.29. The number of ether oxygens (including phenoxy) is 2. The highest BCUT2D eigenvalue weighted by atomic mass is 79.9. The van der Waals surface area contributed by atoms with Crippen LogP contribution in [0.25, 0.3) is 0 Å². The molecule has 2 heterocycles. The number of hydrogen-bond donors (Lipinski definition) is 0. The van der Waals surface area contributed by atoms with Gasteiger partial charge >= 0.3 is 0 Å². The van der Waals surface area contributed by atoms with Gasteiger partial charge < -0.3 is 9.47 Å². The summed E-state index contributed by atoms with van der Waals surface area (Å²) in [7, 11) is 0. The molecule has 1 fully saturated rings. The molecule has 2 aromatic carbocycles. The van der Waals surface area contributed by atoms with Crippen LogP contribution in [0.4, 0.5) is 8.78 Å². The average Bonchev–Trinajstić information content (AvgIpc) is 3.32. The number of aryl methyl sites for hydroxylation is 1. The van der Waals surface area contributed by atoms with Crippen molar-refractivity contribution in [2.24, 2.45) is 5.92 Å². The first-order valence-electron chi connectivity index (χ1n) is 9.26. The molecule has 8 heteroatoms. The highest BCUT2D eigenvalue weighted by molar-refractivity contribution is 9.10. The fourth-order valence-corrected chi connectivity index (χ4v) is 4.24. The van der Waals surface area contributed by atoms with E-state index in [0.717, 1.165) is 21.9 Å². The van der Waals surface area contributed by atoms with Gasteiger partial charge in [0, 0.05) is 22.0 Å². The molecule has 5 nitrogen and oxygen atoms in total. The molecular formula is C21H20BrF2N3O2. The second kappa shape index (κ2) is 8.20. The van der Waals surface area contributed by atoms with E-state index in [4.69, 9.17) is 9.47 Å². The number of aromatic nitrogens is 3. The molecule has 0 N–H and O–H groups in total. The third-order valence-corrected chi connectivity index (χ3v) is 5.62. The number of halogens is 3. The molecule has 0 radical (unpaired) electrons. The Hall–Kier alpha value is -2.32. The molecule has 1 aliphatic rings. The molecule has 0 saturated carbocycles. The molecule has 3 aromatic rings. The quantitative estimate of drug-likeness (QED) is 0.534. The van der Waals surface area contributed by atoms with Gasteiger partial charge in [0.25, 0.3) is 0 Å². The van der Waals surface area contributed by atoms with Crippen LogP contribution in [0.15, 0.2) is 53.5 Å². The molecule has 1 aromatic heterocycles. The molecule has 0 amide bonds. The van der Waals surface area contributed by atoms with Crippen molar-refractivity contribution in [3.63, 3.8) is 0 Å². The van der Waals surface area contributed by atoms with Crippen LogP contribution in [0, 0.1) is 24.5 Å². The van der Waals surface area contributed by atoms with E-state index in [2.05, 4.69) is 26.0 Å². The zero-order valence-electron chi connectivity index (χ0n) is 15.8. The minimum atomic E-state index is -0.964. The summed E-state index contributed by atoms with van der Waals surface area (Å²) >= 11 is 3.44. The summed E-state index contributed by atoms with van der Waals surface area (Å²) in [6, 6.07) is 9.41. The molecule has 1 unspecified atom stereocenters. The number of hydrogen-bond acceptors (Lipinski definition) is 4. The largest absolute Gasteiger partial charge is 0.493 e. The Morgan fingerprint density at radius 2 is 2.14 bits per heavy atom. The summed E-state index contributed by atoms with van der Waals surface area (Å²) in [5.74, 6) is -0.401. The van der Waals surface area contributed by atoms with Crippen molar-refractivity contribution in [1.82, 2.24) is 14.8 Å². The Bertz CT molecular complexity index is 1000. The number of rotatable bonds is 6. The SMILES string of the molecule is Cc1cc(Br)ccc1OCC1CO[C@@](Cn2cncn2)(c2ccc(F)cc2F)C1. The number of benzene rings is 2. The van der Waals surface area contributed by atoms with E-state index in [-0.39, 0.29) is 12.5 Å². The van der Waals surface area contributed by atoms with Crippen LogP contribution in [-0.4, -0.2) is 28.0 Å².